The van der Waals surface area contributed by atoms with E-state index in [4.69, 9.17) is 27.6 Å². The van der Waals surface area contributed by atoms with Crippen LogP contribution in [-0.2, 0) is 0 Å². The molecule has 0 bridgehead atoms. The highest BCUT2D eigenvalue weighted by molar-refractivity contribution is 6.10. The highest BCUT2D eigenvalue weighted by Gasteiger charge is 2.16. The van der Waals surface area contributed by atoms with Crippen molar-refractivity contribution in [1.29, 1.82) is 0 Å². The van der Waals surface area contributed by atoms with Crippen LogP contribution < -0.4 is 0 Å². The maximum absolute atomic E-state index is 8.83. The van der Waals surface area contributed by atoms with E-state index in [0.717, 1.165) is 27.5 Å². The molecule has 0 spiro atoms. The number of nitrogens with zero attached hydrogens (tertiary/aromatic N) is 4. The largest absolute Gasteiger partial charge is 0.456 e. The molecular formula is C39H24N4O. The summed E-state index contributed by atoms with van der Waals surface area (Å²) in [5.41, 5.74) is 4.93. The molecule has 6 aromatic carbocycles. The van der Waals surface area contributed by atoms with Gasteiger partial charge in [-0.05, 0) is 48.5 Å². The Balaban J connectivity index is 1.28. The van der Waals surface area contributed by atoms with Crippen LogP contribution in [0.1, 0.15) is 8.22 Å². The molecule has 0 atom stereocenters. The lowest BCUT2D eigenvalue weighted by Crippen LogP contribution is -2.00. The number of aromatic nitrogens is 4. The van der Waals surface area contributed by atoms with Gasteiger partial charge in [-0.2, -0.15) is 0 Å². The van der Waals surface area contributed by atoms with Gasteiger partial charge in [0.05, 0.1) is 19.3 Å². The van der Waals surface area contributed by atoms with E-state index >= 15 is 0 Å². The van der Waals surface area contributed by atoms with Crippen LogP contribution in [0.25, 0.3) is 83.6 Å². The quantitative estimate of drug-likeness (QED) is 0.211. The lowest BCUT2D eigenvalue weighted by molar-refractivity contribution is 0.669. The van der Waals surface area contributed by atoms with Crippen LogP contribution in [0.5, 0.6) is 0 Å². The Morgan fingerprint density at radius 2 is 1.00 bits per heavy atom. The molecule has 9 aromatic rings. The third kappa shape index (κ3) is 3.91. The van der Waals surface area contributed by atoms with Gasteiger partial charge >= 0.3 is 0 Å². The van der Waals surface area contributed by atoms with Gasteiger partial charge in [-0.15, -0.1) is 0 Å². The number of para-hydroxylation sites is 2. The molecule has 0 fully saturated rings. The summed E-state index contributed by atoms with van der Waals surface area (Å²) in [6, 6.07) is 32.8. The average molecular weight is 571 g/mol. The molecular weight excluding hydrogens is 540 g/mol. The molecule has 9 rings (SSSR count). The first-order valence-electron chi connectivity index (χ1n) is 17.1. The van der Waals surface area contributed by atoms with E-state index in [9.17, 15) is 0 Å². The van der Waals surface area contributed by atoms with Crippen molar-refractivity contribution in [2.45, 2.75) is 0 Å². The second-order valence-electron chi connectivity index (χ2n) is 10.4. The molecule has 0 radical (unpaired) electrons. The molecule has 0 amide bonds. The van der Waals surface area contributed by atoms with Crippen LogP contribution in [0, 0.1) is 0 Å². The SMILES string of the molecule is [2H]c1cc([2H])c2c(c1[2H])c1c([2H])c([2H])cc([2H])c1n2-c1ccc2oc3ccc(-c4nc(-c5ccccc5)nc(-c5ccccc5)n4)cc3c2c1. The molecule has 0 unspecified atom stereocenters. The first-order valence-corrected chi connectivity index (χ1v) is 14.1. The van der Waals surface area contributed by atoms with Crippen molar-refractivity contribution in [3.8, 4) is 39.9 Å². The fourth-order valence-corrected chi connectivity index (χ4v) is 5.75. The minimum atomic E-state index is -0.157. The number of hydrogen-bond donors (Lipinski definition) is 0. The first kappa shape index (κ1) is 19.2. The zero-order valence-corrected chi connectivity index (χ0v) is 23.1. The second-order valence-corrected chi connectivity index (χ2v) is 10.4. The van der Waals surface area contributed by atoms with Gasteiger partial charge in [0.1, 0.15) is 11.2 Å². The molecule has 44 heavy (non-hydrogen) atoms. The molecule has 206 valence electrons. The standard InChI is InChI=1S/C39H24N4O/c1-3-11-25(12-4-1)37-40-38(26-13-5-2-6-14-26)42-39(41-37)27-19-21-35-31(23-27)32-24-28(20-22-36(32)44-35)43-33-17-9-7-15-29(33)30-16-8-10-18-34(30)43/h1-24H/i7D,8D,15D,16D,17D,18D. The molecule has 0 saturated carbocycles. The summed E-state index contributed by atoms with van der Waals surface area (Å²) in [6.07, 6.45) is 0. The minimum absolute atomic E-state index is 0.0137. The van der Waals surface area contributed by atoms with Gasteiger partial charge in [0.15, 0.2) is 17.5 Å². The number of rotatable bonds is 4. The van der Waals surface area contributed by atoms with E-state index in [-0.39, 0.29) is 47.0 Å². The first-order chi connectivity index (χ1) is 24.3. The summed E-state index contributed by atoms with van der Waals surface area (Å²) >= 11 is 0. The molecule has 3 heterocycles. The van der Waals surface area contributed by atoms with Crippen molar-refractivity contribution in [1.82, 2.24) is 19.5 Å². The predicted molar refractivity (Wildman–Crippen MR) is 178 cm³/mol. The van der Waals surface area contributed by atoms with Crippen LogP contribution in [0.3, 0.4) is 0 Å². The monoisotopic (exact) mass is 570 g/mol. The van der Waals surface area contributed by atoms with Crippen molar-refractivity contribution in [2.24, 2.45) is 0 Å². The summed E-state index contributed by atoms with van der Waals surface area (Å²) < 4.78 is 59.7. The summed E-state index contributed by atoms with van der Waals surface area (Å²) in [4.78, 5) is 14.6. The fourth-order valence-electron chi connectivity index (χ4n) is 5.75. The third-order valence-electron chi connectivity index (χ3n) is 7.80. The summed E-state index contributed by atoms with van der Waals surface area (Å²) in [6.45, 7) is 0. The topological polar surface area (TPSA) is 56.7 Å². The average Bonchev–Trinajstić information content (AvgIpc) is 3.70. The van der Waals surface area contributed by atoms with Gasteiger partial charge in [-0.3, -0.25) is 0 Å². The van der Waals surface area contributed by atoms with Crippen molar-refractivity contribution >= 4 is 43.7 Å². The maximum atomic E-state index is 8.83. The number of benzene rings is 6. The molecule has 0 saturated heterocycles. The second kappa shape index (κ2) is 9.75. The molecule has 0 aliphatic heterocycles. The van der Waals surface area contributed by atoms with E-state index in [1.54, 1.807) is 4.57 Å². The Morgan fingerprint density at radius 3 is 1.59 bits per heavy atom. The van der Waals surface area contributed by atoms with Crippen LogP contribution in [0.4, 0.5) is 0 Å². The number of furan rings is 1. The van der Waals surface area contributed by atoms with Crippen molar-refractivity contribution in [2.75, 3.05) is 0 Å². The minimum Gasteiger partial charge on any atom is -0.456 e. The Bertz CT molecular complexity index is 2700. The lowest BCUT2D eigenvalue weighted by Gasteiger charge is -2.09. The van der Waals surface area contributed by atoms with E-state index in [2.05, 4.69) is 0 Å². The van der Waals surface area contributed by atoms with E-state index in [1.807, 2.05) is 97.1 Å². The molecule has 3 aromatic heterocycles. The highest BCUT2D eigenvalue weighted by Crippen LogP contribution is 2.37. The predicted octanol–water partition coefficient (Wildman–Crippen LogP) is 9.87. The van der Waals surface area contributed by atoms with Crippen LogP contribution >= 0.6 is 0 Å². The molecule has 0 aliphatic rings. The van der Waals surface area contributed by atoms with E-state index < -0.39 is 0 Å². The lowest BCUT2D eigenvalue weighted by atomic mass is 10.1. The Labute approximate surface area is 261 Å². The summed E-state index contributed by atoms with van der Waals surface area (Å²) in [7, 11) is 0. The van der Waals surface area contributed by atoms with Gasteiger partial charge in [-0.1, -0.05) is 97.0 Å². The third-order valence-corrected chi connectivity index (χ3v) is 7.80. The number of fused-ring (bicyclic) bond motifs is 6. The van der Waals surface area contributed by atoms with Crippen molar-refractivity contribution < 1.29 is 12.6 Å². The van der Waals surface area contributed by atoms with Gasteiger partial charge in [0.25, 0.3) is 0 Å². The van der Waals surface area contributed by atoms with Crippen molar-refractivity contribution in [3.05, 3.63) is 145 Å². The van der Waals surface area contributed by atoms with Gasteiger partial charge < -0.3 is 8.98 Å². The normalized spacial score (nSPS) is 13.5. The Hall–Kier alpha value is -6.07. The van der Waals surface area contributed by atoms with E-state index in [1.165, 1.54) is 12.1 Å². The number of hydrogen-bond acceptors (Lipinski definition) is 4. The molecule has 5 nitrogen and oxygen atoms in total. The molecule has 5 heteroatoms. The van der Waals surface area contributed by atoms with Gasteiger partial charge in [0, 0.05) is 43.9 Å². The Morgan fingerprint density at radius 1 is 0.477 bits per heavy atom. The van der Waals surface area contributed by atoms with Crippen LogP contribution in [0.15, 0.2) is 150 Å². The van der Waals surface area contributed by atoms with Crippen molar-refractivity contribution in [3.63, 3.8) is 0 Å². The molecule has 0 aliphatic carbocycles. The van der Waals surface area contributed by atoms with Crippen LogP contribution in [-0.4, -0.2) is 19.5 Å². The fraction of sp³-hybridized carbons (Fsp3) is 0. The van der Waals surface area contributed by atoms with Gasteiger partial charge in [0.2, 0.25) is 0 Å². The van der Waals surface area contributed by atoms with Crippen LogP contribution in [0.2, 0.25) is 0 Å². The molecule has 0 N–H and O–H groups in total. The summed E-state index contributed by atoms with van der Waals surface area (Å²) in [5, 5.41) is 1.98. The smallest absolute Gasteiger partial charge is 0.164 e. The summed E-state index contributed by atoms with van der Waals surface area (Å²) in [5.74, 6) is 1.59. The van der Waals surface area contributed by atoms with E-state index in [0.29, 0.717) is 45.4 Å². The van der Waals surface area contributed by atoms with Gasteiger partial charge in [-0.25, -0.2) is 15.0 Å². The zero-order valence-electron chi connectivity index (χ0n) is 29.1. The Kier molecular flexibility index (Phi) is 4.25. The zero-order chi connectivity index (χ0) is 34.3. The maximum Gasteiger partial charge on any atom is 0.164 e. The highest BCUT2D eigenvalue weighted by atomic mass is 16.3.